The van der Waals surface area contributed by atoms with Crippen molar-refractivity contribution in [2.45, 2.75) is 24.0 Å². The zero-order valence-corrected chi connectivity index (χ0v) is 24.5. The van der Waals surface area contributed by atoms with Gasteiger partial charge in [0.2, 0.25) is 5.91 Å². The SMILES string of the molecule is Cc1ccc2nc(NC(=O)C(C)Sc3ccc(NC(=O)/C(=C/c4cccnc4)NC(=O)c4ccccc4)cc3)sc2c1. The van der Waals surface area contributed by atoms with E-state index in [1.807, 2.05) is 44.2 Å². The fraction of sp³-hybridized carbons (Fsp3) is 0.0938. The lowest BCUT2D eigenvalue weighted by Crippen LogP contribution is -2.30. The predicted octanol–water partition coefficient (Wildman–Crippen LogP) is 6.53. The number of anilines is 2. The highest BCUT2D eigenvalue weighted by atomic mass is 32.2. The van der Waals surface area contributed by atoms with Crippen molar-refractivity contribution >= 4 is 67.9 Å². The van der Waals surface area contributed by atoms with E-state index >= 15 is 0 Å². The second kappa shape index (κ2) is 13.2. The van der Waals surface area contributed by atoms with Crippen molar-refractivity contribution in [1.29, 1.82) is 0 Å². The van der Waals surface area contributed by atoms with Crippen molar-refractivity contribution in [3.63, 3.8) is 0 Å². The molecule has 0 fully saturated rings. The standard InChI is InChI=1S/C32H27N5O3S2/c1-20-10-15-26-28(17-20)42-32(36-26)37-29(38)21(2)41-25-13-11-24(12-14-25)34-31(40)27(18-22-7-6-16-33-19-22)35-30(39)23-8-4-3-5-9-23/h3-19,21H,1-2H3,(H,34,40)(H,35,39)(H,36,37,38)/b27-18-. The first-order chi connectivity index (χ1) is 20.3. The molecule has 5 aromatic rings. The highest BCUT2D eigenvalue weighted by molar-refractivity contribution is 8.00. The van der Waals surface area contributed by atoms with Gasteiger partial charge in [-0.05, 0) is 85.6 Å². The maximum absolute atomic E-state index is 13.2. The first kappa shape index (κ1) is 28.7. The van der Waals surface area contributed by atoms with Gasteiger partial charge in [-0.15, -0.1) is 11.8 Å². The molecule has 0 aliphatic rings. The lowest BCUT2D eigenvalue weighted by molar-refractivity contribution is -0.115. The average molecular weight is 594 g/mol. The number of carbonyl (C=O) groups excluding carboxylic acids is 3. The largest absolute Gasteiger partial charge is 0.321 e. The van der Waals surface area contributed by atoms with E-state index in [0.29, 0.717) is 21.9 Å². The Hall–Kier alpha value is -4.80. The number of hydrogen-bond donors (Lipinski definition) is 3. The molecular formula is C32H27N5O3S2. The number of amides is 3. The van der Waals surface area contributed by atoms with Crippen LogP contribution in [-0.4, -0.2) is 32.9 Å². The van der Waals surface area contributed by atoms with Crippen LogP contribution in [0.1, 0.15) is 28.4 Å². The van der Waals surface area contributed by atoms with E-state index in [2.05, 4.69) is 32.0 Å². The molecule has 0 radical (unpaired) electrons. The summed E-state index contributed by atoms with van der Waals surface area (Å²) in [6, 6.07) is 25.4. The van der Waals surface area contributed by atoms with Gasteiger partial charge in [-0.25, -0.2) is 4.98 Å². The van der Waals surface area contributed by atoms with Crippen LogP contribution in [0.4, 0.5) is 10.8 Å². The minimum Gasteiger partial charge on any atom is -0.321 e. The third-order valence-electron chi connectivity index (χ3n) is 6.09. The number of benzene rings is 3. The number of hydrogen-bond acceptors (Lipinski definition) is 7. The maximum Gasteiger partial charge on any atom is 0.272 e. The lowest BCUT2D eigenvalue weighted by Gasteiger charge is -2.13. The van der Waals surface area contributed by atoms with E-state index in [0.717, 1.165) is 20.7 Å². The van der Waals surface area contributed by atoms with Gasteiger partial charge in [-0.1, -0.05) is 41.7 Å². The molecule has 1 unspecified atom stereocenters. The zero-order valence-electron chi connectivity index (χ0n) is 22.8. The molecule has 8 nitrogen and oxygen atoms in total. The number of pyridine rings is 1. The number of rotatable bonds is 9. The Balaban J connectivity index is 1.22. The number of thiazole rings is 1. The van der Waals surface area contributed by atoms with Crippen LogP contribution in [0.5, 0.6) is 0 Å². The number of carbonyl (C=O) groups is 3. The van der Waals surface area contributed by atoms with Crippen molar-refractivity contribution < 1.29 is 14.4 Å². The number of thioether (sulfide) groups is 1. The summed E-state index contributed by atoms with van der Waals surface area (Å²) in [4.78, 5) is 48.3. The number of nitrogens with zero attached hydrogens (tertiary/aromatic N) is 2. The van der Waals surface area contributed by atoms with Gasteiger partial charge >= 0.3 is 0 Å². The molecular weight excluding hydrogens is 567 g/mol. The van der Waals surface area contributed by atoms with Crippen LogP contribution < -0.4 is 16.0 Å². The Morgan fingerprint density at radius 1 is 0.929 bits per heavy atom. The highest BCUT2D eigenvalue weighted by Gasteiger charge is 2.18. The first-order valence-electron chi connectivity index (χ1n) is 13.1. The molecule has 0 bridgehead atoms. The van der Waals surface area contributed by atoms with Crippen LogP contribution in [0.15, 0.2) is 108 Å². The molecule has 3 N–H and O–H groups in total. The van der Waals surface area contributed by atoms with Crippen molar-refractivity contribution in [3.8, 4) is 0 Å². The van der Waals surface area contributed by atoms with Gasteiger partial charge in [0.25, 0.3) is 11.8 Å². The second-order valence-corrected chi connectivity index (χ2v) is 11.8. The van der Waals surface area contributed by atoms with Gasteiger partial charge < -0.3 is 16.0 Å². The molecule has 0 saturated heterocycles. The molecule has 3 amide bonds. The summed E-state index contributed by atoms with van der Waals surface area (Å²) in [5.41, 5.74) is 3.71. The van der Waals surface area contributed by atoms with Gasteiger partial charge in [0.1, 0.15) is 5.70 Å². The number of fused-ring (bicyclic) bond motifs is 1. The minimum atomic E-state index is -0.484. The van der Waals surface area contributed by atoms with Gasteiger partial charge in [0.05, 0.1) is 15.5 Å². The molecule has 2 aromatic heterocycles. The molecule has 210 valence electrons. The molecule has 3 aromatic carbocycles. The van der Waals surface area contributed by atoms with E-state index in [-0.39, 0.29) is 16.9 Å². The Kier molecular flexibility index (Phi) is 9.05. The molecule has 0 aliphatic heterocycles. The average Bonchev–Trinajstić information content (AvgIpc) is 3.40. The van der Waals surface area contributed by atoms with Crippen LogP contribution in [0.3, 0.4) is 0 Å². The third-order valence-corrected chi connectivity index (χ3v) is 8.14. The van der Waals surface area contributed by atoms with Crippen molar-refractivity contribution in [1.82, 2.24) is 15.3 Å². The number of aromatic nitrogens is 2. The van der Waals surface area contributed by atoms with Gasteiger partial charge in [-0.2, -0.15) is 0 Å². The normalized spacial score (nSPS) is 12.0. The van der Waals surface area contributed by atoms with E-state index in [1.165, 1.54) is 23.1 Å². The van der Waals surface area contributed by atoms with Gasteiger partial charge in [-0.3, -0.25) is 19.4 Å². The summed E-state index contributed by atoms with van der Waals surface area (Å²) in [7, 11) is 0. The molecule has 42 heavy (non-hydrogen) atoms. The molecule has 5 rings (SSSR count). The van der Waals surface area contributed by atoms with Crippen LogP contribution in [0.2, 0.25) is 0 Å². The van der Waals surface area contributed by atoms with E-state index in [9.17, 15) is 14.4 Å². The van der Waals surface area contributed by atoms with Crippen LogP contribution in [0, 0.1) is 6.92 Å². The summed E-state index contributed by atoms with van der Waals surface area (Å²) in [5.74, 6) is -1.03. The lowest BCUT2D eigenvalue weighted by atomic mass is 10.2. The Morgan fingerprint density at radius 3 is 2.45 bits per heavy atom. The monoisotopic (exact) mass is 593 g/mol. The molecule has 2 heterocycles. The fourth-order valence-corrected chi connectivity index (χ4v) is 5.77. The van der Waals surface area contributed by atoms with E-state index in [1.54, 1.807) is 67.0 Å². The topological polar surface area (TPSA) is 113 Å². The Labute approximate surface area is 251 Å². The van der Waals surface area contributed by atoms with Gasteiger partial charge in [0, 0.05) is 28.5 Å². The smallest absolute Gasteiger partial charge is 0.272 e. The summed E-state index contributed by atoms with van der Waals surface area (Å²) >= 11 is 2.85. The van der Waals surface area contributed by atoms with Crippen molar-refractivity contribution in [2.75, 3.05) is 10.6 Å². The Bertz CT molecular complexity index is 1750. The maximum atomic E-state index is 13.2. The van der Waals surface area contributed by atoms with E-state index < -0.39 is 11.8 Å². The molecule has 10 heteroatoms. The highest BCUT2D eigenvalue weighted by Crippen LogP contribution is 2.29. The third kappa shape index (κ3) is 7.48. The molecule has 0 spiro atoms. The first-order valence-corrected chi connectivity index (χ1v) is 14.8. The summed E-state index contributed by atoms with van der Waals surface area (Å²) in [6.45, 7) is 3.85. The predicted molar refractivity (Wildman–Crippen MR) is 169 cm³/mol. The van der Waals surface area contributed by atoms with Crippen LogP contribution >= 0.6 is 23.1 Å². The minimum absolute atomic E-state index is 0.0746. The number of aryl methyl sites for hydroxylation is 1. The summed E-state index contributed by atoms with van der Waals surface area (Å²) in [5, 5.41) is 8.66. The second-order valence-electron chi connectivity index (χ2n) is 9.38. The van der Waals surface area contributed by atoms with Crippen LogP contribution in [-0.2, 0) is 9.59 Å². The molecule has 0 aliphatic carbocycles. The zero-order chi connectivity index (χ0) is 29.5. The molecule has 0 saturated carbocycles. The van der Waals surface area contributed by atoms with E-state index in [4.69, 9.17) is 0 Å². The van der Waals surface area contributed by atoms with Gasteiger partial charge in [0.15, 0.2) is 5.13 Å². The van der Waals surface area contributed by atoms with Crippen molar-refractivity contribution in [3.05, 3.63) is 120 Å². The molecule has 1 atom stereocenters. The number of nitrogens with one attached hydrogen (secondary N) is 3. The Morgan fingerprint density at radius 2 is 1.71 bits per heavy atom. The quantitative estimate of drug-likeness (QED) is 0.132. The summed E-state index contributed by atoms with van der Waals surface area (Å²) in [6.07, 6.45) is 4.80. The van der Waals surface area contributed by atoms with Crippen LogP contribution in [0.25, 0.3) is 16.3 Å². The summed E-state index contributed by atoms with van der Waals surface area (Å²) < 4.78 is 1.03. The van der Waals surface area contributed by atoms with Crippen molar-refractivity contribution in [2.24, 2.45) is 0 Å². The fourth-order valence-electron chi connectivity index (χ4n) is 3.94.